The van der Waals surface area contributed by atoms with Crippen molar-refractivity contribution in [3.63, 3.8) is 0 Å². The molecule has 0 heterocycles. The standard InChI is InChI=1S/C18H26O2/c1-18(2,3)20-17-10-9-15(13-19)16(12-17)11-14-7-5-4-6-8-14/h9-10,12-14H,4-8,11H2,1-3H3. The summed E-state index contributed by atoms with van der Waals surface area (Å²) in [4.78, 5) is 11.2. The smallest absolute Gasteiger partial charge is 0.150 e. The van der Waals surface area contributed by atoms with Gasteiger partial charge in [-0.3, -0.25) is 4.79 Å². The van der Waals surface area contributed by atoms with Gasteiger partial charge in [-0.05, 0) is 56.9 Å². The van der Waals surface area contributed by atoms with E-state index in [-0.39, 0.29) is 5.60 Å². The van der Waals surface area contributed by atoms with Gasteiger partial charge in [0.05, 0.1) is 0 Å². The van der Waals surface area contributed by atoms with Crippen LogP contribution in [0.25, 0.3) is 0 Å². The van der Waals surface area contributed by atoms with E-state index in [1.807, 2.05) is 32.9 Å². The highest BCUT2D eigenvalue weighted by atomic mass is 16.5. The van der Waals surface area contributed by atoms with Crippen molar-refractivity contribution in [2.45, 2.75) is 64.9 Å². The Morgan fingerprint density at radius 2 is 1.90 bits per heavy atom. The second kappa shape index (κ2) is 6.43. The summed E-state index contributed by atoms with van der Waals surface area (Å²) in [6.07, 6.45) is 8.60. The fourth-order valence-corrected chi connectivity index (χ4v) is 2.99. The van der Waals surface area contributed by atoms with Gasteiger partial charge in [-0.1, -0.05) is 32.1 Å². The van der Waals surface area contributed by atoms with Gasteiger partial charge >= 0.3 is 0 Å². The van der Waals surface area contributed by atoms with E-state index < -0.39 is 0 Å². The summed E-state index contributed by atoms with van der Waals surface area (Å²) >= 11 is 0. The SMILES string of the molecule is CC(C)(C)Oc1ccc(C=O)c(CC2CCCCC2)c1. The maximum Gasteiger partial charge on any atom is 0.150 e. The van der Waals surface area contributed by atoms with Crippen molar-refractivity contribution in [1.29, 1.82) is 0 Å². The number of hydrogen-bond acceptors (Lipinski definition) is 2. The van der Waals surface area contributed by atoms with Crippen molar-refractivity contribution in [3.8, 4) is 5.75 Å². The second-order valence-corrected chi connectivity index (χ2v) is 6.90. The predicted octanol–water partition coefficient (Wildman–Crippen LogP) is 4.80. The number of ether oxygens (including phenoxy) is 1. The molecule has 0 spiro atoms. The molecule has 0 saturated heterocycles. The molecular weight excluding hydrogens is 248 g/mol. The van der Waals surface area contributed by atoms with Gasteiger partial charge in [0.1, 0.15) is 17.6 Å². The zero-order chi connectivity index (χ0) is 14.6. The highest BCUT2D eigenvalue weighted by Crippen LogP contribution is 2.29. The molecule has 0 bridgehead atoms. The van der Waals surface area contributed by atoms with Crippen LogP contribution in [0.3, 0.4) is 0 Å². The van der Waals surface area contributed by atoms with Gasteiger partial charge in [0.25, 0.3) is 0 Å². The molecule has 2 rings (SSSR count). The molecular formula is C18H26O2. The van der Waals surface area contributed by atoms with Crippen molar-refractivity contribution in [2.24, 2.45) is 5.92 Å². The first kappa shape index (κ1) is 15.1. The lowest BCUT2D eigenvalue weighted by Gasteiger charge is -2.24. The second-order valence-electron chi connectivity index (χ2n) is 6.90. The average Bonchev–Trinajstić information content (AvgIpc) is 2.38. The van der Waals surface area contributed by atoms with E-state index in [0.717, 1.165) is 35.5 Å². The van der Waals surface area contributed by atoms with E-state index in [0.29, 0.717) is 0 Å². The molecule has 1 aliphatic rings. The van der Waals surface area contributed by atoms with Crippen molar-refractivity contribution in [1.82, 2.24) is 0 Å². The van der Waals surface area contributed by atoms with Gasteiger partial charge in [-0.2, -0.15) is 0 Å². The molecule has 1 aliphatic carbocycles. The summed E-state index contributed by atoms with van der Waals surface area (Å²) in [6, 6.07) is 5.86. The van der Waals surface area contributed by atoms with Gasteiger partial charge in [0.2, 0.25) is 0 Å². The Balaban J connectivity index is 2.15. The molecule has 1 fully saturated rings. The molecule has 1 saturated carbocycles. The molecule has 0 amide bonds. The van der Waals surface area contributed by atoms with Crippen LogP contribution in [0.1, 0.15) is 68.8 Å². The minimum absolute atomic E-state index is 0.204. The molecule has 1 aromatic rings. The van der Waals surface area contributed by atoms with Gasteiger partial charge in [-0.15, -0.1) is 0 Å². The van der Waals surface area contributed by atoms with Crippen LogP contribution in [-0.2, 0) is 6.42 Å². The molecule has 2 heteroatoms. The van der Waals surface area contributed by atoms with Crippen molar-refractivity contribution < 1.29 is 9.53 Å². The molecule has 0 N–H and O–H groups in total. The lowest BCUT2D eigenvalue weighted by atomic mass is 9.84. The van der Waals surface area contributed by atoms with E-state index in [1.165, 1.54) is 32.1 Å². The van der Waals surface area contributed by atoms with Crippen LogP contribution in [0.5, 0.6) is 5.75 Å². The number of hydrogen-bond donors (Lipinski definition) is 0. The quantitative estimate of drug-likeness (QED) is 0.737. The Bertz CT molecular complexity index is 451. The lowest BCUT2D eigenvalue weighted by Crippen LogP contribution is -2.23. The number of carbonyl (C=O) groups excluding carboxylic acids is 1. The van der Waals surface area contributed by atoms with E-state index in [9.17, 15) is 4.79 Å². The van der Waals surface area contributed by atoms with Gasteiger partial charge in [-0.25, -0.2) is 0 Å². The lowest BCUT2D eigenvalue weighted by molar-refractivity contribution is 0.112. The number of aldehydes is 1. The summed E-state index contributed by atoms with van der Waals surface area (Å²) in [5, 5.41) is 0. The van der Waals surface area contributed by atoms with E-state index in [2.05, 4.69) is 6.07 Å². The van der Waals surface area contributed by atoms with Gasteiger partial charge in [0.15, 0.2) is 0 Å². The fraction of sp³-hybridized carbons (Fsp3) is 0.611. The third kappa shape index (κ3) is 4.36. The van der Waals surface area contributed by atoms with E-state index in [4.69, 9.17) is 4.74 Å². The largest absolute Gasteiger partial charge is 0.488 e. The minimum Gasteiger partial charge on any atom is -0.488 e. The number of rotatable bonds is 4. The third-order valence-corrected chi connectivity index (χ3v) is 3.90. The minimum atomic E-state index is -0.204. The average molecular weight is 274 g/mol. The van der Waals surface area contributed by atoms with Crippen LogP contribution < -0.4 is 4.74 Å². The summed E-state index contributed by atoms with van der Waals surface area (Å²) in [5.74, 6) is 1.60. The zero-order valence-electron chi connectivity index (χ0n) is 12.9. The Kier molecular flexibility index (Phi) is 4.85. The van der Waals surface area contributed by atoms with Crippen LogP contribution in [0.4, 0.5) is 0 Å². The van der Waals surface area contributed by atoms with Crippen molar-refractivity contribution in [2.75, 3.05) is 0 Å². The Hall–Kier alpha value is -1.31. The summed E-state index contributed by atoms with van der Waals surface area (Å²) in [7, 11) is 0. The van der Waals surface area contributed by atoms with Crippen LogP contribution in [0.2, 0.25) is 0 Å². The van der Waals surface area contributed by atoms with Crippen molar-refractivity contribution in [3.05, 3.63) is 29.3 Å². The normalized spacial score (nSPS) is 16.9. The maximum absolute atomic E-state index is 11.2. The molecule has 110 valence electrons. The molecule has 0 radical (unpaired) electrons. The summed E-state index contributed by atoms with van der Waals surface area (Å²) in [5.41, 5.74) is 1.76. The van der Waals surface area contributed by atoms with Crippen LogP contribution in [-0.4, -0.2) is 11.9 Å². The molecule has 0 aromatic heterocycles. The molecule has 0 unspecified atom stereocenters. The molecule has 2 nitrogen and oxygen atoms in total. The topological polar surface area (TPSA) is 26.3 Å². The summed E-state index contributed by atoms with van der Waals surface area (Å²) in [6.45, 7) is 6.13. The van der Waals surface area contributed by atoms with E-state index in [1.54, 1.807) is 0 Å². The third-order valence-electron chi connectivity index (χ3n) is 3.90. The number of benzene rings is 1. The molecule has 0 atom stereocenters. The monoisotopic (exact) mass is 274 g/mol. The van der Waals surface area contributed by atoms with Gasteiger partial charge in [0, 0.05) is 5.56 Å². The Morgan fingerprint density at radius 3 is 2.50 bits per heavy atom. The van der Waals surface area contributed by atoms with Crippen molar-refractivity contribution >= 4 is 6.29 Å². The predicted molar refractivity (Wildman–Crippen MR) is 82.5 cm³/mol. The highest BCUT2D eigenvalue weighted by molar-refractivity contribution is 5.77. The molecule has 20 heavy (non-hydrogen) atoms. The zero-order valence-corrected chi connectivity index (χ0v) is 12.9. The molecule has 1 aromatic carbocycles. The first-order chi connectivity index (χ1) is 9.48. The fourth-order valence-electron chi connectivity index (χ4n) is 2.99. The first-order valence-electron chi connectivity index (χ1n) is 7.75. The van der Waals surface area contributed by atoms with Gasteiger partial charge < -0.3 is 4.74 Å². The number of carbonyl (C=O) groups is 1. The maximum atomic E-state index is 11.2. The van der Waals surface area contributed by atoms with E-state index >= 15 is 0 Å². The molecule has 0 aliphatic heterocycles. The van der Waals surface area contributed by atoms with Crippen LogP contribution in [0.15, 0.2) is 18.2 Å². The van der Waals surface area contributed by atoms with Crippen LogP contribution >= 0.6 is 0 Å². The summed E-state index contributed by atoms with van der Waals surface area (Å²) < 4.78 is 5.92. The highest BCUT2D eigenvalue weighted by Gasteiger charge is 2.17. The first-order valence-corrected chi connectivity index (χ1v) is 7.75. The Labute approximate surface area is 122 Å². The van der Waals surface area contributed by atoms with Crippen LogP contribution in [0, 0.1) is 5.92 Å². The Morgan fingerprint density at radius 1 is 1.20 bits per heavy atom.